The number of benzene rings is 2. The lowest BCUT2D eigenvalue weighted by molar-refractivity contribution is 0.219. The molecule has 0 aliphatic heterocycles. The average molecular weight is 281 g/mol. The number of hydrogen-bond acceptors (Lipinski definition) is 3. The molecule has 0 radical (unpaired) electrons. The summed E-state index contributed by atoms with van der Waals surface area (Å²) in [5, 5.41) is 13.0. The zero-order valence-corrected chi connectivity index (χ0v) is 12.0. The highest BCUT2D eigenvalue weighted by molar-refractivity contribution is 7.09. The monoisotopic (exact) mass is 281 g/mol. The Bertz CT molecular complexity index is 689. The van der Waals surface area contributed by atoms with Crippen LogP contribution < -0.4 is 0 Å². The molecule has 2 aromatic carbocycles. The summed E-state index contributed by atoms with van der Waals surface area (Å²) < 4.78 is 0. The predicted octanol–water partition coefficient (Wildman–Crippen LogP) is 4.20. The first-order valence-electron chi connectivity index (χ1n) is 6.49. The van der Waals surface area contributed by atoms with E-state index in [0.29, 0.717) is 0 Å². The second kappa shape index (κ2) is 5.57. The van der Waals surface area contributed by atoms with Gasteiger partial charge in [0.2, 0.25) is 0 Å². The van der Waals surface area contributed by atoms with Crippen molar-refractivity contribution in [3.8, 4) is 11.1 Å². The molecule has 3 heteroatoms. The zero-order chi connectivity index (χ0) is 13.9. The quantitative estimate of drug-likeness (QED) is 0.780. The Morgan fingerprint density at radius 1 is 0.950 bits per heavy atom. The molecule has 1 N–H and O–H groups in total. The molecule has 0 spiro atoms. The molecule has 1 heterocycles. The number of hydrogen-bond donors (Lipinski definition) is 1. The van der Waals surface area contributed by atoms with E-state index >= 15 is 0 Å². The topological polar surface area (TPSA) is 33.1 Å². The second-order valence-corrected chi connectivity index (χ2v) is 5.61. The van der Waals surface area contributed by atoms with Crippen LogP contribution in [0.3, 0.4) is 0 Å². The summed E-state index contributed by atoms with van der Waals surface area (Å²) >= 11 is 1.49. The molecule has 3 rings (SSSR count). The maximum Gasteiger partial charge on any atom is 0.131 e. The van der Waals surface area contributed by atoms with Gasteiger partial charge >= 0.3 is 0 Å². The second-order valence-electron chi connectivity index (χ2n) is 4.72. The van der Waals surface area contributed by atoms with Crippen LogP contribution in [0.1, 0.15) is 22.4 Å². The van der Waals surface area contributed by atoms with Gasteiger partial charge in [-0.2, -0.15) is 0 Å². The molecule has 1 aromatic heterocycles. The lowest BCUT2D eigenvalue weighted by Gasteiger charge is -2.09. The van der Waals surface area contributed by atoms with Crippen molar-refractivity contribution in [1.29, 1.82) is 0 Å². The van der Waals surface area contributed by atoms with Crippen LogP contribution in [0, 0.1) is 6.92 Å². The molecule has 0 aliphatic carbocycles. The minimum atomic E-state index is -0.640. The van der Waals surface area contributed by atoms with Gasteiger partial charge in [-0.3, -0.25) is 0 Å². The highest BCUT2D eigenvalue weighted by atomic mass is 32.1. The van der Waals surface area contributed by atoms with E-state index in [0.717, 1.165) is 21.8 Å². The SMILES string of the molecule is Cc1csc(C(O)c2ccc(-c3ccccc3)cc2)n1. The van der Waals surface area contributed by atoms with Gasteiger partial charge in [-0.05, 0) is 23.6 Å². The summed E-state index contributed by atoms with van der Waals surface area (Å²) in [6, 6.07) is 18.2. The average Bonchev–Trinajstić information content (AvgIpc) is 2.94. The first kappa shape index (κ1) is 13.0. The van der Waals surface area contributed by atoms with Crippen LogP contribution in [0.4, 0.5) is 0 Å². The van der Waals surface area contributed by atoms with E-state index in [-0.39, 0.29) is 0 Å². The lowest BCUT2D eigenvalue weighted by Crippen LogP contribution is -1.98. The fourth-order valence-electron chi connectivity index (χ4n) is 2.13. The molecule has 0 saturated carbocycles. The van der Waals surface area contributed by atoms with Crippen molar-refractivity contribution in [1.82, 2.24) is 4.98 Å². The van der Waals surface area contributed by atoms with Gasteiger partial charge in [0, 0.05) is 11.1 Å². The van der Waals surface area contributed by atoms with Gasteiger partial charge in [0.1, 0.15) is 11.1 Å². The minimum absolute atomic E-state index is 0.640. The number of aryl methyl sites for hydroxylation is 1. The van der Waals surface area contributed by atoms with Crippen LogP contribution in [-0.4, -0.2) is 10.1 Å². The molecule has 100 valence electrons. The summed E-state index contributed by atoms with van der Waals surface area (Å²) in [6.45, 7) is 1.94. The molecule has 0 fully saturated rings. The number of nitrogens with zero attached hydrogens (tertiary/aromatic N) is 1. The largest absolute Gasteiger partial charge is 0.381 e. The van der Waals surface area contributed by atoms with Gasteiger partial charge in [0.25, 0.3) is 0 Å². The van der Waals surface area contributed by atoms with Gasteiger partial charge in [-0.1, -0.05) is 54.6 Å². The van der Waals surface area contributed by atoms with Crippen molar-refractivity contribution in [2.75, 3.05) is 0 Å². The van der Waals surface area contributed by atoms with Crippen molar-refractivity contribution < 1.29 is 5.11 Å². The Labute approximate surface area is 122 Å². The number of thiazole rings is 1. The van der Waals surface area contributed by atoms with Gasteiger partial charge in [0.05, 0.1) is 0 Å². The van der Waals surface area contributed by atoms with Crippen molar-refractivity contribution in [2.45, 2.75) is 13.0 Å². The molecular formula is C17H15NOS. The fourth-order valence-corrected chi connectivity index (χ4v) is 2.93. The molecule has 0 aliphatic rings. The smallest absolute Gasteiger partial charge is 0.131 e. The molecule has 0 amide bonds. The van der Waals surface area contributed by atoms with Gasteiger partial charge in [0.15, 0.2) is 0 Å². The van der Waals surface area contributed by atoms with Crippen molar-refractivity contribution in [3.63, 3.8) is 0 Å². The fraction of sp³-hybridized carbons (Fsp3) is 0.118. The molecule has 2 nitrogen and oxygen atoms in total. The summed E-state index contributed by atoms with van der Waals surface area (Å²) in [7, 11) is 0. The van der Waals surface area contributed by atoms with E-state index in [1.54, 1.807) is 0 Å². The molecule has 1 unspecified atom stereocenters. The Kier molecular flexibility index (Phi) is 3.63. The molecule has 3 aromatic rings. The first-order chi connectivity index (χ1) is 9.74. The maximum absolute atomic E-state index is 10.3. The van der Waals surface area contributed by atoms with Gasteiger partial charge in [-0.25, -0.2) is 4.98 Å². The molecule has 20 heavy (non-hydrogen) atoms. The van der Waals surface area contributed by atoms with Crippen LogP contribution in [0.5, 0.6) is 0 Å². The van der Waals surface area contributed by atoms with E-state index in [2.05, 4.69) is 17.1 Å². The minimum Gasteiger partial charge on any atom is -0.381 e. The third-order valence-corrected chi connectivity index (χ3v) is 4.22. The molecule has 0 saturated heterocycles. The van der Waals surface area contributed by atoms with Crippen LogP contribution in [0.2, 0.25) is 0 Å². The van der Waals surface area contributed by atoms with Crippen LogP contribution in [-0.2, 0) is 0 Å². The number of aliphatic hydroxyl groups is 1. The van der Waals surface area contributed by atoms with E-state index in [1.807, 2.05) is 54.8 Å². The van der Waals surface area contributed by atoms with Crippen molar-refractivity contribution in [2.24, 2.45) is 0 Å². The summed E-state index contributed by atoms with van der Waals surface area (Å²) in [4.78, 5) is 4.34. The summed E-state index contributed by atoms with van der Waals surface area (Å²) in [6.07, 6.45) is -0.640. The van der Waals surface area contributed by atoms with E-state index < -0.39 is 6.10 Å². The Morgan fingerprint density at radius 3 is 2.20 bits per heavy atom. The van der Waals surface area contributed by atoms with E-state index in [9.17, 15) is 5.11 Å². The lowest BCUT2D eigenvalue weighted by atomic mass is 10.0. The van der Waals surface area contributed by atoms with Crippen molar-refractivity contribution >= 4 is 11.3 Å². The van der Waals surface area contributed by atoms with Crippen molar-refractivity contribution in [3.05, 3.63) is 76.2 Å². The number of rotatable bonds is 3. The normalized spacial score (nSPS) is 12.3. The standard InChI is InChI=1S/C17H15NOS/c1-12-11-20-17(18-12)16(19)15-9-7-14(8-10-15)13-5-3-2-4-6-13/h2-11,16,19H,1H3. The summed E-state index contributed by atoms with van der Waals surface area (Å²) in [5.41, 5.74) is 4.15. The third kappa shape index (κ3) is 2.64. The highest BCUT2D eigenvalue weighted by Crippen LogP contribution is 2.27. The molecule has 1 atom stereocenters. The van der Waals surface area contributed by atoms with Crippen LogP contribution in [0.25, 0.3) is 11.1 Å². The van der Waals surface area contributed by atoms with Gasteiger partial charge < -0.3 is 5.11 Å². The Balaban J connectivity index is 1.86. The van der Waals surface area contributed by atoms with E-state index in [4.69, 9.17) is 0 Å². The van der Waals surface area contributed by atoms with Crippen LogP contribution >= 0.6 is 11.3 Å². The van der Waals surface area contributed by atoms with Crippen LogP contribution in [0.15, 0.2) is 60.0 Å². The predicted molar refractivity (Wildman–Crippen MR) is 82.8 cm³/mol. The number of aromatic nitrogens is 1. The summed E-state index contributed by atoms with van der Waals surface area (Å²) in [5.74, 6) is 0. The maximum atomic E-state index is 10.3. The van der Waals surface area contributed by atoms with Gasteiger partial charge in [-0.15, -0.1) is 11.3 Å². The molecular weight excluding hydrogens is 266 g/mol. The van der Waals surface area contributed by atoms with E-state index in [1.165, 1.54) is 16.9 Å². The highest BCUT2D eigenvalue weighted by Gasteiger charge is 2.13. The third-order valence-electron chi connectivity index (χ3n) is 3.20. The Hall–Kier alpha value is -1.97. The first-order valence-corrected chi connectivity index (χ1v) is 7.37. The molecule has 0 bridgehead atoms. The Morgan fingerprint density at radius 2 is 1.60 bits per heavy atom. The number of aliphatic hydroxyl groups excluding tert-OH is 1. The zero-order valence-electron chi connectivity index (χ0n) is 11.2.